The Morgan fingerprint density at radius 1 is 1.53 bits per heavy atom. The summed E-state index contributed by atoms with van der Waals surface area (Å²) in [5.74, 6) is -0.929. The molecule has 0 aromatic heterocycles. The summed E-state index contributed by atoms with van der Waals surface area (Å²) in [7, 11) is 0. The largest absolute Gasteiger partial charge is 0.465 e. The number of esters is 1. The lowest BCUT2D eigenvalue weighted by Crippen LogP contribution is -2.22. The number of hydrogen-bond donors (Lipinski definition) is 0. The molecule has 0 aliphatic rings. The topological polar surface area (TPSA) is 26.3 Å². The van der Waals surface area contributed by atoms with Crippen LogP contribution in [0.1, 0.15) is 17.3 Å². The summed E-state index contributed by atoms with van der Waals surface area (Å²) in [5.41, 5.74) is 0.240. The summed E-state index contributed by atoms with van der Waals surface area (Å²) in [6, 6.07) is 4.37. The van der Waals surface area contributed by atoms with Gasteiger partial charge in [0, 0.05) is 10.6 Å². The molecule has 0 aliphatic heterocycles. The van der Waals surface area contributed by atoms with Gasteiger partial charge in [-0.15, -0.1) is 0 Å². The minimum Gasteiger partial charge on any atom is -0.465 e. The molecule has 2 nitrogen and oxygen atoms in total. The van der Waals surface area contributed by atoms with Gasteiger partial charge in [-0.05, 0) is 19.1 Å². The molecular weight excluding hydrogens is 378 g/mol. The highest BCUT2D eigenvalue weighted by molar-refractivity contribution is 9.12. The average molecular weight is 388 g/mol. The van der Waals surface area contributed by atoms with Crippen LogP contribution in [0, 0.1) is 5.82 Å². The molecule has 0 amide bonds. The van der Waals surface area contributed by atoms with Gasteiger partial charge < -0.3 is 4.74 Å². The highest BCUT2D eigenvalue weighted by Gasteiger charge is 2.29. The summed E-state index contributed by atoms with van der Waals surface area (Å²) in [4.78, 5) is 10.2. The molecule has 0 radical (unpaired) electrons. The van der Waals surface area contributed by atoms with Crippen molar-refractivity contribution in [1.82, 2.24) is 0 Å². The van der Waals surface area contributed by atoms with Gasteiger partial charge in [0.2, 0.25) is 0 Å². The first-order chi connectivity index (χ1) is 7.99. The molecular formula is C11H10Br2ClFO2. The molecule has 0 aliphatic carbocycles. The number of ether oxygens (including phenoxy) is 1. The average Bonchev–Trinajstić information content (AvgIpc) is 2.27. The third kappa shape index (κ3) is 3.66. The minimum absolute atomic E-state index is 0.240. The van der Waals surface area contributed by atoms with Crippen molar-refractivity contribution >= 4 is 49.4 Å². The van der Waals surface area contributed by atoms with Crippen molar-refractivity contribution in [3.05, 3.63) is 34.6 Å². The fourth-order valence-corrected chi connectivity index (χ4v) is 2.75. The zero-order chi connectivity index (χ0) is 13.0. The fourth-order valence-electron chi connectivity index (χ4n) is 1.26. The van der Waals surface area contributed by atoms with Gasteiger partial charge in [-0.1, -0.05) is 49.5 Å². The van der Waals surface area contributed by atoms with Crippen LogP contribution in [0.2, 0.25) is 5.02 Å². The molecule has 1 rings (SSSR count). The second-order valence-electron chi connectivity index (χ2n) is 3.19. The predicted molar refractivity (Wildman–Crippen MR) is 72.4 cm³/mol. The third-order valence-corrected chi connectivity index (χ3v) is 4.97. The van der Waals surface area contributed by atoms with E-state index < -0.39 is 21.4 Å². The molecule has 0 heterocycles. The molecule has 0 bridgehead atoms. The lowest BCUT2D eigenvalue weighted by molar-refractivity contribution is -0.142. The molecule has 1 aromatic carbocycles. The Kier molecular flexibility index (Phi) is 5.89. The van der Waals surface area contributed by atoms with E-state index in [2.05, 4.69) is 31.9 Å². The number of carbonyl (C=O) groups is 1. The van der Waals surface area contributed by atoms with E-state index in [0.29, 0.717) is 0 Å². The first kappa shape index (κ1) is 14.9. The van der Waals surface area contributed by atoms with Crippen LogP contribution in [0.3, 0.4) is 0 Å². The van der Waals surface area contributed by atoms with Crippen molar-refractivity contribution in [3.63, 3.8) is 0 Å². The molecule has 2 unspecified atom stereocenters. The van der Waals surface area contributed by atoms with Crippen molar-refractivity contribution in [1.29, 1.82) is 0 Å². The maximum atomic E-state index is 13.6. The Morgan fingerprint density at radius 3 is 2.71 bits per heavy atom. The number of rotatable bonds is 4. The van der Waals surface area contributed by atoms with Gasteiger partial charge in [0.1, 0.15) is 10.6 Å². The fraction of sp³-hybridized carbons (Fsp3) is 0.364. The van der Waals surface area contributed by atoms with E-state index in [4.69, 9.17) is 16.3 Å². The molecule has 0 fully saturated rings. The third-order valence-electron chi connectivity index (χ3n) is 2.04. The van der Waals surface area contributed by atoms with E-state index in [0.717, 1.165) is 0 Å². The van der Waals surface area contributed by atoms with Crippen molar-refractivity contribution in [2.75, 3.05) is 6.61 Å². The van der Waals surface area contributed by atoms with Crippen molar-refractivity contribution in [2.24, 2.45) is 0 Å². The molecule has 94 valence electrons. The summed E-state index contributed by atoms with van der Waals surface area (Å²) >= 11 is 12.3. The van der Waals surface area contributed by atoms with E-state index >= 15 is 0 Å². The minimum atomic E-state index is -0.697. The number of halogens is 4. The molecule has 2 atom stereocenters. The van der Waals surface area contributed by atoms with Crippen LogP contribution in [0.25, 0.3) is 0 Å². The highest BCUT2D eigenvalue weighted by atomic mass is 79.9. The zero-order valence-corrected chi connectivity index (χ0v) is 12.9. The van der Waals surface area contributed by atoms with Gasteiger partial charge in [0.15, 0.2) is 0 Å². The SMILES string of the molecule is CCOC(=O)C(Br)C(Br)c1c(F)cccc1Cl. The molecule has 17 heavy (non-hydrogen) atoms. The Morgan fingerprint density at radius 2 is 2.18 bits per heavy atom. The molecule has 0 spiro atoms. The van der Waals surface area contributed by atoms with E-state index in [9.17, 15) is 9.18 Å². The van der Waals surface area contributed by atoms with E-state index in [1.165, 1.54) is 12.1 Å². The van der Waals surface area contributed by atoms with E-state index in [1.54, 1.807) is 13.0 Å². The van der Waals surface area contributed by atoms with Crippen LogP contribution >= 0.6 is 43.5 Å². The van der Waals surface area contributed by atoms with Gasteiger partial charge in [0.25, 0.3) is 0 Å². The smallest absolute Gasteiger partial charge is 0.321 e. The lowest BCUT2D eigenvalue weighted by atomic mass is 10.1. The maximum Gasteiger partial charge on any atom is 0.321 e. The van der Waals surface area contributed by atoms with Gasteiger partial charge >= 0.3 is 5.97 Å². The number of alkyl halides is 2. The standard InChI is InChI=1S/C11H10Br2ClFO2/c1-2-17-11(16)10(13)9(12)8-6(14)4-3-5-7(8)15/h3-5,9-10H,2H2,1H3. The number of hydrogen-bond acceptors (Lipinski definition) is 2. The Hall–Kier alpha value is -0.130. The molecule has 1 aromatic rings. The summed E-state index contributed by atoms with van der Waals surface area (Å²) in [5, 5.41) is 0.264. The Bertz CT molecular complexity index is 394. The first-order valence-electron chi connectivity index (χ1n) is 4.87. The Labute approximate surface area is 121 Å². The first-order valence-corrected chi connectivity index (χ1v) is 7.08. The van der Waals surface area contributed by atoms with Crippen LogP contribution in [0.15, 0.2) is 18.2 Å². The normalized spacial score (nSPS) is 14.2. The van der Waals surface area contributed by atoms with Gasteiger partial charge in [-0.3, -0.25) is 4.79 Å². The van der Waals surface area contributed by atoms with Crippen molar-refractivity contribution < 1.29 is 13.9 Å². The molecule has 0 saturated heterocycles. The van der Waals surface area contributed by atoms with Crippen LogP contribution in [0.4, 0.5) is 4.39 Å². The quantitative estimate of drug-likeness (QED) is 0.570. The van der Waals surface area contributed by atoms with Crippen LogP contribution in [-0.2, 0) is 9.53 Å². The molecule has 0 saturated carbocycles. The molecule has 0 N–H and O–H groups in total. The number of carbonyl (C=O) groups excluding carboxylic acids is 1. The van der Waals surface area contributed by atoms with E-state index in [-0.39, 0.29) is 17.2 Å². The molecule has 6 heteroatoms. The maximum absolute atomic E-state index is 13.6. The van der Waals surface area contributed by atoms with Crippen molar-refractivity contribution in [2.45, 2.75) is 16.6 Å². The van der Waals surface area contributed by atoms with Gasteiger partial charge in [0.05, 0.1) is 11.4 Å². The summed E-state index contributed by atoms with van der Waals surface area (Å²) in [6.07, 6.45) is 0. The second-order valence-corrected chi connectivity index (χ2v) is 5.57. The summed E-state index contributed by atoms with van der Waals surface area (Å²) in [6.45, 7) is 1.97. The van der Waals surface area contributed by atoms with Crippen LogP contribution in [0.5, 0.6) is 0 Å². The van der Waals surface area contributed by atoms with Crippen LogP contribution < -0.4 is 0 Å². The number of benzene rings is 1. The predicted octanol–water partition coefficient (Wildman–Crippen LogP) is 4.24. The van der Waals surface area contributed by atoms with E-state index in [1.807, 2.05) is 0 Å². The summed E-state index contributed by atoms with van der Waals surface area (Å²) < 4.78 is 18.5. The van der Waals surface area contributed by atoms with Gasteiger partial charge in [-0.2, -0.15) is 0 Å². The highest BCUT2D eigenvalue weighted by Crippen LogP contribution is 2.37. The van der Waals surface area contributed by atoms with Crippen molar-refractivity contribution in [3.8, 4) is 0 Å². The second kappa shape index (κ2) is 6.71. The van der Waals surface area contributed by atoms with Crippen LogP contribution in [-0.4, -0.2) is 17.4 Å². The van der Waals surface area contributed by atoms with Gasteiger partial charge in [-0.25, -0.2) is 4.39 Å². The zero-order valence-electron chi connectivity index (χ0n) is 8.92. The monoisotopic (exact) mass is 386 g/mol. The lowest BCUT2D eigenvalue weighted by Gasteiger charge is -2.17. The Balaban J connectivity index is 2.96.